The van der Waals surface area contributed by atoms with Crippen LogP contribution < -0.4 is 0 Å². The summed E-state index contributed by atoms with van der Waals surface area (Å²) < 4.78 is 8.02. The summed E-state index contributed by atoms with van der Waals surface area (Å²) in [5, 5.41) is 0. The monoisotopic (exact) mass is 406 g/mol. The largest absolute Gasteiger partial charge is 0.458 e. The van der Waals surface area contributed by atoms with E-state index in [1.54, 1.807) is 0 Å². The third-order valence-electron chi connectivity index (χ3n) is 5.47. The van der Waals surface area contributed by atoms with Crippen molar-refractivity contribution < 1.29 is 9.21 Å². The molecule has 5 rings (SSSR count). The molecule has 0 unspecified atom stereocenters. The minimum Gasteiger partial charge on any atom is -0.458 e. The summed E-state index contributed by atoms with van der Waals surface area (Å²) >= 11 is 0. The molecule has 0 N–H and O–H groups in total. The second kappa shape index (κ2) is 7.73. The van der Waals surface area contributed by atoms with Gasteiger partial charge in [0.1, 0.15) is 5.76 Å². The zero-order valence-electron chi connectivity index (χ0n) is 17.5. The lowest BCUT2D eigenvalue weighted by Gasteiger charge is -2.09. The Labute approximate surface area is 180 Å². The van der Waals surface area contributed by atoms with Crippen molar-refractivity contribution >= 4 is 16.8 Å². The third-order valence-corrected chi connectivity index (χ3v) is 5.47. The quantitative estimate of drug-likeness (QED) is 0.327. The van der Waals surface area contributed by atoms with Crippen LogP contribution in [-0.2, 0) is 6.54 Å². The van der Waals surface area contributed by atoms with Gasteiger partial charge in [-0.2, -0.15) is 0 Å². The molecule has 0 saturated carbocycles. The Morgan fingerprint density at radius 1 is 0.871 bits per heavy atom. The fourth-order valence-electron chi connectivity index (χ4n) is 3.80. The molecule has 4 nitrogen and oxygen atoms in total. The average Bonchev–Trinajstić information content (AvgIpc) is 3.38. The van der Waals surface area contributed by atoms with Crippen molar-refractivity contribution in [2.45, 2.75) is 20.4 Å². The Bertz CT molecular complexity index is 1380. The van der Waals surface area contributed by atoms with Crippen LogP contribution in [0, 0.1) is 13.8 Å². The molecule has 0 atom stereocenters. The number of aromatic nitrogens is 2. The van der Waals surface area contributed by atoms with Gasteiger partial charge in [-0.25, -0.2) is 4.98 Å². The number of imidazole rings is 1. The predicted molar refractivity (Wildman–Crippen MR) is 122 cm³/mol. The van der Waals surface area contributed by atoms with Crippen LogP contribution >= 0.6 is 0 Å². The highest BCUT2D eigenvalue weighted by Gasteiger charge is 2.18. The molecule has 2 heterocycles. The van der Waals surface area contributed by atoms with E-state index in [-0.39, 0.29) is 5.78 Å². The molecule has 0 bridgehead atoms. The molecule has 152 valence electrons. The van der Waals surface area contributed by atoms with Crippen LogP contribution in [0.1, 0.15) is 32.8 Å². The van der Waals surface area contributed by atoms with E-state index in [4.69, 9.17) is 9.40 Å². The van der Waals surface area contributed by atoms with E-state index in [9.17, 15) is 4.79 Å². The van der Waals surface area contributed by atoms with Gasteiger partial charge in [0, 0.05) is 17.7 Å². The van der Waals surface area contributed by atoms with E-state index in [2.05, 4.69) is 35.8 Å². The van der Waals surface area contributed by atoms with Gasteiger partial charge in [-0.15, -0.1) is 0 Å². The summed E-state index contributed by atoms with van der Waals surface area (Å²) in [5.74, 6) is 2.31. The number of aryl methyl sites for hydroxylation is 2. The number of carbonyl (C=O) groups is 1. The standard InChI is InChI=1S/C27H22N2O2/c1-18-8-11-20(12-9-18)17-29-24-16-22(26(30)21-6-4-3-5-7-21)13-14-23(24)28-27(29)25-15-10-19(2)31-25/h3-16H,17H2,1-2H3. The molecule has 0 amide bonds. The number of rotatable bonds is 5. The number of furan rings is 1. The Hall–Kier alpha value is -3.92. The van der Waals surface area contributed by atoms with Crippen LogP contribution in [0.4, 0.5) is 0 Å². The smallest absolute Gasteiger partial charge is 0.193 e. The van der Waals surface area contributed by atoms with E-state index in [1.807, 2.05) is 67.6 Å². The minimum atomic E-state index is 0.000906. The van der Waals surface area contributed by atoms with Crippen LogP contribution in [0.2, 0.25) is 0 Å². The summed E-state index contributed by atoms with van der Waals surface area (Å²) in [6, 6.07) is 27.4. The maximum atomic E-state index is 13.0. The number of hydrogen-bond acceptors (Lipinski definition) is 3. The zero-order chi connectivity index (χ0) is 21.4. The maximum Gasteiger partial charge on any atom is 0.193 e. The molecule has 0 aliphatic heterocycles. The van der Waals surface area contributed by atoms with E-state index >= 15 is 0 Å². The highest BCUT2D eigenvalue weighted by Crippen LogP contribution is 2.28. The minimum absolute atomic E-state index is 0.000906. The van der Waals surface area contributed by atoms with Gasteiger partial charge >= 0.3 is 0 Å². The highest BCUT2D eigenvalue weighted by molar-refractivity contribution is 6.10. The molecular weight excluding hydrogens is 384 g/mol. The van der Waals surface area contributed by atoms with Gasteiger partial charge in [0.15, 0.2) is 17.4 Å². The normalized spacial score (nSPS) is 11.2. The van der Waals surface area contributed by atoms with Crippen molar-refractivity contribution in [3.05, 3.63) is 113 Å². The summed E-state index contributed by atoms with van der Waals surface area (Å²) in [5.41, 5.74) is 5.44. The molecule has 5 aromatic rings. The molecule has 0 aliphatic carbocycles. The van der Waals surface area contributed by atoms with E-state index in [0.29, 0.717) is 17.7 Å². The van der Waals surface area contributed by atoms with E-state index in [1.165, 1.54) is 5.56 Å². The molecule has 3 aromatic carbocycles. The van der Waals surface area contributed by atoms with Crippen LogP contribution in [0.3, 0.4) is 0 Å². The van der Waals surface area contributed by atoms with Gasteiger partial charge < -0.3 is 8.98 Å². The molecule has 0 aliphatic rings. The topological polar surface area (TPSA) is 48.0 Å². The van der Waals surface area contributed by atoms with Crippen molar-refractivity contribution in [1.29, 1.82) is 0 Å². The fourth-order valence-corrected chi connectivity index (χ4v) is 3.80. The lowest BCUT2D eigenvalue weighted by molar-refractivity contribution is 0.103. The average molecular weight is 406 g/mol. The number of ketones is 1. The molecule has 2 aromatic heterocycles. The number of carbonyl (C=O) groups excluding carboxylic acids is 1. The van der Waals surface area contributed by atoms with Crippen LogP contribution in [0.15, 0.2) is 89.3 Å². The molecule has 31 heavy (non-hydrogen) atoms. The summed E-state index contributed by atoms with van der Waals surface area (Å²) in [4.78, 5) is 17.9. The summed E-state index contributed by atoms with van der Waals surface area (Å²) in [7, 11) is 0. The number of fused-ring (bicyclic) bond motifs is 1. The Kier molecular flexibility index (Phi) is 4.75. The van der Waals surface area contributed by atoms with Crippen molar-refractivity contribution in [3.63, 3.8) is 0 Å². The zero-order valence-corrected chi connectivity index (χ0v) is 17.5. The highest BCUT2D eigenvalue weighted by atomic mass is 16.3. The molecular formula is C27H22N2O2. The molecule has 0 radical (unpaired) electrons. The summed E-state index contributed by atoms with van der Waals surface area (Å²) in [6.45, 7) is 4.64. The van der Waals surface area contributed by atoms with Gasteiger partial charge in [-0.1, -0.05) is 60.2 Å². The molecule has 0 saturated heterocycles. The number of nitrogens with zero attached hydrogens (tertiary/aromatic N) is 2. The second-order valence-corrected chi connectivity index (χ2v) is 7.82. The Balaban J connectivity index is 1.65. The number of hydrogen-bond donors (Lipinski definition) is 0. The van der Waals surface area contributed by atoms with Gasteiger partial charge in [0.2, 0.25) is 0 Å². The van der Waals surface area contributed by atoms with E-state index in [0.717, 1.165) is 33.9 Å². The van der Waals surface area contributed by atoms with Crippen molar-refractivity contribution in [1.82, 2.24) is 9.55 Å². The van der Waals surface area contributed by atoms with Crippen molar-refractivity contribution in [3.8, 4) is 11.6 Å². The van der Waals surface area contributed by atoms with E-state index < -0.39 is 0 Å². The predicted octanol–water partition coefficient (Wildman–Crippen LogP) is 6.19. The molecule has 0 fully saturated rings. The van der Waals surface area contributed by atoms with Crippen LogP contribution in [0.5, 0.6) is 0 Å². The van der Waals surface area contributed by atoms with Gasteiger partial charge in [-0.3, -0.25) is 4.79 Å². The molecule has 4 heteroatoms. The van der Waals surface area contributed by atoms with Crippen LogP contribution in [-0.4, -0.2) is 15.3 Å². The first-order chi connectivity index (χ1) is 15.1. The third kappa shape index (κ3) is 3.68. The fraction of sp³-hybridized carbons (Fsp3) is 0.111. The SMILES string of the molecule is Cc1ccc(Cn2c(-c3ccc(C)o3)nc3ccc(C(=O)c4ccccc4)cc32)cc1. The van der Waals surface area contributed by atoms with Crippen LogP contribution in [0.25, 0.3) is 22.6 Å². The van der Waals surface area contributed by atoms with Crippen molar-refractivity contribution in [2.24, 2.45) is 0 Å². The maximum absolute atomic E-state index is 13.0. The first-order valence-corrected chi connectivity index (χ1v) is 10.3. The Morgan fingerprint density at radius 3 is 2.35 bits per heavy atom. The van der Waals surface area contributed by atoms with Crippen molar-refractivity contribution in [2.75, 3.05) is 0 Å². The van der Waals surface area contributed by atoms with Gasteiger partial charge in [0.25, 0.3) is 0 Å². The summed E-state index contributed by atoms with van der Waals surface area (Å²) in [6.07, 6.45) is 0. The Morgan fingerprint density at radius 2 is 1.65 bits per heavy atom. The lowest BCUT2D eigenvalue weighted by atomic mass is 10.0. The molecule has 0 spiro atoms. The first kappa shape index (κ1) is 19.1. The lowest BCUT2D eigenvalue weighted by Crippen LogP contribution is -2.04. The second-order valence-electron chi connectivity index (χ2n) is 7.82. The van der Waals surface area contributed by atoms with Gasteiger partial charge in [0.05, 0.1) is 11.0 Å². The number of benzene rings is 3. The van der Waals surface area contributed by atoms with Gasteiger partial charge in [-0.05, 0) is 49.7 Å². The first-order valence-electron chi connectivity index (χ1n) is 10.3.